The van der Waals surface area contributed by atoms with E-state index in [-0.39, 0.29) is 30.4 Å². The lowest BCUT2D eigenvalue weighted by Gasteiger charge is -2.12. The van der Waals surface area contributed by atoms with Gasteiger partial charge in [-0.05, 0) is 38.0 Å². The molecule has 0 radical (unpaired) electrons. The van der Waals surface area contributed by atoms with Crippen LogP contribution in [0.2, 0.25) is 0 Å². The average Bonchev–Trinajstić information content (AvgIpc) is 3.12. The number of benzene rings is 1. The van der Waals surface area contributed by atoms with Crippen molar-refractivity contribution in [2.75, 3.05) is 13.3 Å². The minimum absolute atomic E-state index is 0.0417. The van der Waals surface area contributed by atoms with Crippen molar-refractivity contribution < 1.29 is 27.5 Å². The number of ether oxygens (including phenoxy) is 2. The highest BCUT2D eigenvalue weighted by molar-refractivity contribution is 7.89. The Hall–Kier alpha value is -2.10. The first-order valence-corrected chi connectivity index (χ1v) is 8.87. The number of fused-ring (bicyclic) bond motifs is 1. The number of hydrogen-bond acceptors (Lipinski definition) is 7. The molecule has 0 fully saturated rings. The summed E-state index contributed by atoms with van der Waals surface area (Å²) in [5.74, 6) is 1.43. The Morgan fingerprint density at radius 1 is 1.29 bits per heavy atom. The molecule has 1 aliphatic heterocycles. The molecule has 1 unspecified atom stereocenters. The zero-order valence-corrected chi connectivity index (χ0v) is 14.1. The highest BCUT2D eigenvalue weighted by Crippen LogP contribution is 2.34. The van der Waals surface area contributed by atoms with Crippen LogP contribution in [0.5, 0.6) is 11.5 Å². The third-order valence-corrected chi connectivity index (χ3v) is 5.43. The van der Waals surface area contributed by atoms with Crippen molar-refractivity contribution in [2.45, 2.75) is 31.3 Å². The van der Waals surface area contributed by atoms with Gasteiger partial charge in [-0.3, -0.25) is 0 Å². The summed E-state index contributed by atoms with van der Waals surface area (Å²) in [5, 5.41) is 13.9. The smallest absolute Gasteiger partial charge is 0.245 e. The van der Waals surface area contributed by atoms with E-state index in [0.717, 1.165) is 0 Å². The SMILES string of the molecule is Cc1noc(C)c1S(=O)(=O)NCCC(O)c1ccc2c(c1)OCO2. The maximum atomic E-state index is 12.3. The summed E-state index contributed by atoms with van der Waals surface area (Å²) >= 11 is 0. The minimum atomic E-state index is -3.73. The second-order valence-corrected chi connectivity index (χ2v) is 7.17. The molecule has 0 aliphatic carbocycles. The topological polar surface area (TPSA) is 111 Å². The first kappa shape index (κ1) is 16.7. The van der Waals surface area contributed by atoms with Gasteiger partial charge in [-0.15, -0.1) is 0 Å². The number of rotatable bonds is 6. The van der Waals surface area contributed by atoms with Crippen LogP contribution in [0.1, 0.15) is 29.5 Å². The van der Waals surface area contributed by atoms with Gasteiger partial charge in [0.15, 0.2) is 17.3 Å². The van der Waals surface area contributed by atoms with Gasteiger partial charge in [-0.2, -0.15) is 0 Å². The third kappa shape index (κ3) is 3.23. The first-order valence-electron chi connectivity index (χ1n) is 7.38. The second kappa shape index (κ2) is 6.42. The van der Waals surface area contributed by atoms with E-state index in [1.54, 1.807) is 25.1 Å². The summed E-state index contributed by atoms with van der Waals surface area (Å²) in [6, 6.07) is 5.13. The molecule has 3 rings (SSSR count). The van der Waals surface area contributed by atoms with Crippen molar-refractivity contribution >= 4 is 10.0 Å². The van der Waals surface area contributed by atoms with Gasteiger partial charge < -0.3 is 19.1 Å². The lowest BCUT2D eigenvalue weighted by molar-refractivity contribution is 0.166. The molecule has 1 aromatic heterocycles. The molecular weight excluding hydrogens is 336 g/mol. The predicted molar refractivity (Wildman–Crippen MR) is 83.3 cm³/mol. The maximum Gasteiger partial charge on any atom is 0.245 e. The van der Waals surface area contributed by atoms with E-state index in [0.29, 0.717) is 22.8 Å². The Balaban J connectivity index is 1.62. The predicted octanol–water partition coefficient (Wildman–Crippen LogP) is 1.42. The number of sulfonamides is 1. The van der Waals surface area contributed by atoms with E-state index in [9.17, 15) is 13.5 Å². The molecule has 2 aromatic rings. The largest absolute Gasteiger partial charge is 0.454 e. The molecule has 0 saturated carbocycles. The monoisotopic (exact) mass is 354 g/mol. The van der Waals surface area contributed by atoms with E-state index in [4.69, 9.17) is 14.0 Å². The summed E-state index contributed by atoms with van der Waals surface area (Å²) in [6.07, 6.45) is -0.616. The number of aliphatic hydroxyl groups is 1. The number of aryl methyl sites for hydroxylation is 2. The molecule has 9 heteroatoms. The highest BCUT2D eigenvalue weighted by atomic mass is 32.2. The maximum absolute atomic E-state index is 12.3. The van der Waals surface area contributed by atoms with Gasteiger partial charge in [0.1, 0.15) is 10.6 Å². The van der Waals surface area contributed by atoms with E-state index in [1.165, 1.54) is 6.92 Å². The summed E-state index contributed by atoms with van der Waals surface area (Å²) in [4.78, 5) is 0.0417. The number of aliphatic hydroxyl groups excluding tert-OH is 1. The molecule has 1 aromatic carbocycles. The molecule has 0 saturated heterocycles. The molecule has 130 valence electrons. The van der Waals surface area contributed by atoms with Crippen molar-refractivity contribution in [1.29, 1.82) is 0 Å². The Kier molecular flexibility index (Phi) is 4.48. The lowest BCUT2D eigenvalue weighted by Crippen LogP contribution is -2.26. The van der Waals surface area contributed by atoms with E-state index in [1.807, 2.05) is 0 Å². The molecular formula is C15H18N2O6S. The molecule has 1 atom stereocenters. The highest BCUT2D eigenvalue weighted by Gasteiger charge is 2.24. The van der Waals surface area contributed by atoms with Gasteiger partial charge in [-0.1, -0.05) is 11.2 Å². The number of hydrogen-bond donors (Lipinski definition) is 2. The fourth-order valence-corrected chi connectivity index (χ4v) is 3.92. The number of nitrogens with zero attached hydrogens (tertiary/aromatic N) is 1. The fraction of sp³-hybridized carbons (Fsp3) is 0.400. The Morgan fingerprint density at radius 3 is 2.75 bits per heavy atom. The summed E-state index contributed by atoms with van der Waals surface area (Å²) < 4.78 is 42.4. The van der Waals surface area contributed by atoms with Crippen molar-refractivity contribution in [1.82, 2.24) is 9.88 Å². The third-order valence-electron chi connectivity index (χ3n) is 3.73. The molecule has 24 heavy (non-hydrogen) atoms. The molecule has 0 spiro atoms. The standard InChI is InChI=1S/C15H18N2O6S/c1-9-15(10(2)23-17-9)24(19,20)16-6-5-12(18)11-3-4-13-14(7-11)22-8-21-13/h3-4,7,12,16,18H,5-6,8H2,1-2H3. The van der Waals surface area contributed by atoms with Gasteiger partial charge in [0.25, 0.3) is 0 Å². The van der Waals surface area contributed by atoms with E-state index >= 15 is 0 Å². The van der Waals surface area contributed by atoms with Crippen LogP contribution >= 0.6 is 0 Å². The normalized spacial score (nSPS) is 14.8. The van der Waals surface area contributed by atoms with Crippen LogP contribution in [0, 0.1) is 13.8 Å². The van der Waals surface area contributed by atoms with Crippen molar-refractivity contribution in [2.24, 2.45) is 0 Å². The van der Waals surface area contributed by atoms with Gasteiger partial charge >= 0.3 is 0 Å². The summed E-state index contributed by atoms with van der Waals surface area (Å²) in [7, 11) is -3.73. The van der Waals surface area contributed by atoms with Crippen molar-refractivity contribution in [3.05, 3.63) is 35.2 Å². The Bertz CT molecular complexity index is 826. The second-order valence-electron chi connectivity index (χ2n) is 5.47. The summed E-state index contributed by atoms with van der Waals surface area (Å²) in [5.41, 5.74) is 0.937. The fourth-order valence-electron chi connectivity index (χ4n) is 2.55. The van der Waals surface area contributed by atoms with Crippen LogP contribution in [0.15, 0.2) is 27.6 Å². The van der Waals surface area contributed by atoms with Gasteiger partial charge in [0, 0.05) is 6.54 Å². The van der Waals surface area contributed by atoms with Gasteiger partial charge in [-0.25, -0.2) is 13.1 Å². The number of nitrogens with one attached hydrogen (secondary N) is 1. The Labute approximate surface area is 139 Å². The van der Waals surface area contributed by atoms with Crippen molar-refractivity contribution in [3.8, 4) is 11.5 Å². The summed E-state index contributed by atoms with van der Waals surface area (Å²) in [6.45, 7) is 3.33. The van der Waals surface area contributed by atoms with E-state index in [2.05, 4.69) is 9.88 Å². The number of aromatic nitrogens is 1. The quantitative estimate of drug-likeness (QED) is 0.807. The van der Waals surface area contributed by atoms with Gasteiger partial charge in [0.2, 0.25) is 16.8 Å². The Morgan fingerprint density at radius 2 is 2.04 bits per heavy atom. The molecule has 0 amide bonds. The molecule has 2 heterocycles. The zero-order valence-electron chi connectivity index (χ0n) is 13.3. The van der Waals surface area contributed by atoms with E-state index < -0.39 is 16.1 Å². The molecule has 0 bridgehead atoms. The van der Waals surface area contributed by atoms with Crippen LogP contribution in [0.25, 0.3) is 0 Å². The van der Waals surface area contributed by atoms with Crippen LogP contribution in [-0.2, 0) is 10.0 Å². The van der Waals surface area contributed by atoms with Crippen LogP contribution in [-0.4, -0.2) is 32.0 Å². The lowest BCUT2D eigenvalue weighted by atomic mass is 10.1. The first-order chi connectivity index (χ1) is 11.4. The molecule has 1 aliphatic rings. The zero-order chi connectivity index (χ0) is 17.3. The van der Waals surface area contributed by atoms with Crippen LogP contribution in [0.3, 0.4) is 0 Å². The molecule has 8 nitrogen and oxygen atoms in total. The average molecular weight is 354 g/mol. The van der Waals surface area contributed by atoms with Crippen molar-refractivity contribution in [3.63, 3.8) is 0 Å². The minimum Gasteiger partial charge on any atom is -0.454 e. The molecule has 2 N–H and O–H groups in total. The van der Waals surface area contributed by atoms with Crippen LogP contribution in [0.4, 0.5) is 0 Å². The van der Waals surface area contributed by atoms with Crippen LogP contribution < -0.4 is 14.2 Å². The van der Waals surface area contributed by atoms with Gasteiger partial charge in [0.05, 0.1) is 6.10 Å².